The lowest BCUT2D eigenvalue weighted by Gasteiger charge is -2.22. The Morgan fingerprint density at radius 2 is 2.12 bits per heavy atom. The fourth-order valence-corrected chi connectivity index (χ4v) is 3.62. The summed E-state index contributed by atoms with van der Waals surface area (Å²) >= 11 is 4.36. The van der Waals surface area contributed by atoms with E-state index in [1.807, 2.05) is 6.07 Å². The molecule has 1 aliphatic heterocycles. The Labute approximate surface area is 115 Å². The van der Waals surface area contributed by atoms with Crippen molar-refractivity contribution in [2.45, 2.75) is 12.8 Å². The Morgan fingerprint density at radius 1 is 1.38 bits per heavy atom. The maximum absolute atomic E-state index is 5.97. The van der Waals surface area contributed by atoms with E-state index in [9.17, 15) is 0 Å². The molecule has 3 N–H and O–H groups in total. The normalized spacial score (nSPS) is 17.3. The summed E-state index contributed by atoms with van der Waals surface area (Å²) < 4.78 is 1.19. The fourth-order valence-electron chi connectivity index (χ4n) is 1.90. The third-order valence-electron chi connectivity index (χ3n) is 2.94. The molecule has 1 aliphatic rings. The van der Waals surface area contributed by atoms with Crippen molar-refractivity contribution in [3.8, 4) is 0 Å². The van der Waals surface area contributed by atoms with Crippen LogP contribution in [0.15, 0.2) is 18.2 Å². The largest absolute Gasteiger partial charge is 0.397 e. The van der Waals surface area contributed by atoms with Crippen LogP contribution in [0.3, 0.4) is 0 Å². The SMILES string of the molecule is Nc1cc(I)ccc1NCC1CCSCC1. The quantitative estimate of drug-likeness (QED) is 0.649. The lowest BCUT2D eigenvalue weighted by atomic mass is 10.0. The lowest BCUT2D eigenvalue weighted by Crippen LogP contribution is -2.19. The van der Waals surface area contributed by atoms with Gasteiger partial charge in [0.15, 0.2) is 0 Å². The summed E-state index contributed by atoms with van der Waals surface area (Å²) in [6.45, 7) is 1.06. The molecule has 1 saturated heterocycles. The highest BCUT2D eigenvalue weighted by Gasteiger charge is 2.13. The first-order valence-electron chi connectivity index (χ1n) is 5.62. The van der Waals surface area contributed by atoms with Gasteiger partial charge in [0.1, 0.15) is 0 Å². The van der Waals surface area contributed by atoms with Crippen molar-refractivity contribution >= 4 is 45.7 Å². The molecule has 2 rings (SSSR count). The van der Waals surface area contributed by atoms with Crippen molar-refractivity contribution in [3.63, 3.8) is 0 Å². The van der Waals surface area contributed by atoms with E-state index in [-0.39, 0.29) is 0 Å². The number of nitrogen functional groups attached to an aromatic ring is 1. The van der Waals surface area contributed by atoms with Gasteiger partial charge >= 0.3 is 0 Å². The third kappa shape index (κ3) is 3.45. The minimum atomic E-state index is 0.819. The summed E-state index contributed by atoms with van der Waals surface area (Å²) in [5.74, 6) is 3.45. The van der Waals surface area contributed by atoms with Crippen molar-refractivity contribution < 1.29 is 0 Å². The van der Waals surface area contributed by atoms with Gasteiger partial charge in [0, 0.05) is 10.1 Å². The predicted octanol–water partition coefficient (Wildman–Crippen LogP) is 3.43. The van der Waals surface area contributed by atoms with E-state index >= 15 is 0 Å². The molecular formula is C12H17IN2S. The Hall–Kier alpha value is -0.100. The number of rotatable bonds is 3. The average Bonchev–Trinajstić information content (AvgIpc) is 2.29. The molecule has 1 heterocycles. The van der Waals surface area contributed by atoms with Crippen LogP contribution < -0.4 is 11.1 Å². The summed E-state index contributed by atoms with van der Waals surface area (Å²) in [6, 6.07) is 6.18. The van der Waals surface area contributed by atoms with Crippen molar-refractivity contribution in [2.24, 2.45) is 5.92 Å². The van der Waals surface area contributed by atoms with Gasteiger partial charge in [-0.1, -0.05) is 0 Å². The molecule has 88 valence electrons. The summed E-state index contributed by atoms with van der Waals surface area (Å²) in [7, 11) is 0. The van der Waals surface area contributed by atoms with Crippen LogP contribution in [0.4, 0.5) is 11.4 Å². The number of nitrogens with two attached hydrogens (primary N) is 1. The second kappa shape index (κ2) is 6.00. The number of benzene rings is 1. The number of anilines is 2. The van der Waals surface area contributed by atoms with Crippen LogP contribution in [0.25, 0.3) is 0 Å². The molecule has 1 aromatic rings. The van der Waals surface area contributed by atoms with Crippen LogP contribution in [0.2, 0.25) is 0 Å². The minimum Gasteiger partial charge on any atom is -0.397 e. The lowest BCUT2D eigenvalue weighted by molar-refractivity contribution is 0.516. The minimum absolute atomic E-state index is 0.819. The molecule has 0 atom stereocenters. The van der Waals surface area contributed by atoms with Crippen LogP contribution in [-0.2, 0) is 0 Å². The van der Waals surface area contributed by atoms with Gasteiger partial charge in [0.25, 0.3) is 0 Å². The van der Waals surface area contributed by atoms with E-state index in [0.29, 0.717) is 0 Å². The van der Waals surface area contributed by atoms with E-state index in [1.165, 1.54) is 27.9 Å². The molecule has 1 aromatic carbocycles. The second-order valence-corrected chi connectivity index (χ2v) is 6.64. The van der Waals surface area contributed by atoms with E-state index in [1.54, 1.807) is 0 Å². The zero-order valence-electron chi connectivity index (χ0n) is 9.21. The van der Waals surface area contributed by atoms with Crippen LogP contribution in [-0.4, -0.2) is 18.1 Å². The molecule has 2 nitrogen and oxygen atoms in total. The van der Waals surface area contributed by atoms with Crippen LogP contribution in [0.5, 0.6) is 0 Å². The van der Waals surface area contributed by atoms with Crippen molar-refractivity contribution in [3.05, 3.63) is 21.8 Å². The highest BCUT2D eigenvalue weighted by Crippen LogP contribution is 2.25. The number of hydrogen-bond donors (Lipinski definition) is 2. The Morgan fingerprint density at radius 3 is 2.81 bits per heavy atom. The van der Waals surface area contributed by atoms with Crippen LogP contribution in [0, 0.1) is 9.49 Å². The molecule has 0 radical (unpaired) electrons. The smallest absolute Gasteiger partial charge is 0.0574 e. The Balaban J connectivity index is 1.88. The molecule has 0 amide bonds. The summed E-state index contributed by atoms with van der Waals surface area (Å²) in [5.41, 5.74) is 7.91. The van der Waals surface area contributed by atoms with Gasteiger partial charge in [-0.3, -0.25) is 0 Å². The summed E-state index contributed by atoms with van der Waals surface area (Å²) in [4.78, 5) is 0. The molecular weight excluding hydrogens is 331 g/mol. The zero-order chi connectivity index (χ0) is 11.4. The number of nitrogens with one attached hydrogen (secondary N) is 1. The molecule has 1 fully saturated rings. The first-order valence-corrected chi connectivity index (χ1v) is 7.85. The van der Waals surface area contributed by atoms with E-state index in [0.717, 1.165) is 23.8 Å². The van der Waals surface area contributed by atoms with Crippen molar-refractivity contribution in [2.75, 3.05) is 29.1 Å². The van der Waals surface area contributed by atoms with Crippen molar-refractivity contribution in [1.82, 2.24) is 0 Å². The van der Waals surface area contributed by atoms with Crippen LogP contribution >= 0.6 is 34.4 Å². The van der Waals surface area contributed by atoms with Gasteiger partial charge in [-0.25, -0.2) is 0 Å². The molecule has 0 saturated carbocycles. The van der Waals surface area contributed by atoms with Gasteiger partial charge in [-0.2, -0.15) is 11.8 Å². The number of halogens is 1. The van der Waals surface area contributed by atoms with Crippen molar-refractivity contribution in [1.29, 1.82) is 0 Å². The maximum Gasteiger partial charge on any atom is 0.0574 e. The molecule has 0 aliphatic carbocycles. The molecule has 16 heavy (non-hydrogen) atoms. The third-order valence-corrected chi connectivity index (χ3v) is 4.66. The number of hydrogen-bond acceptors (Lipinski definition) is 3. The fraction of sp³-hybridized carbons (Fsp3) is 0.500. The van der Waals surface area contributed by atoms with E-state index < -0.39 is 0 Å². The summed E-state index contributed by atoms with van der Waals surface area (Å²) in [6.07, 6.45) is 2.67. The zero-order valence-corrected chi connectivity index (χ0v) is 12.2. The molecule has 0 aromatic heterocycles. The molecule has 4 heteroatoms. The topological polar surface area (TPSA) is 38.0 Å². The highest BCUT2D eigenvalue weighted by atomic mass is 127. The van der Waals surface area contributed by atoms with Gasteiger partial charge in [0.05, 0.1) is 11.4 Å². The van der Waals surface area contributed by atoms with E-state index in [2.05, 4.69) is 51.8 Å². The van der Waals surface area contributed by atoms with Crippen LogP contribution in [0.1, 0.15) is 12.8 Å². The average molecular weight is 348 g/mol. The second-order valence-electron chi connectivity index (χ2n) is 4.17. The first kappa shape index (κ1) is 12.4. The summed E-state index contributed by atoms with van der Waals surface area (Å²) in [5, 5.41) is 3.47. The van der Waals surface area contributed by atoms with Gasteiger partial charge in [-0.05, 0) is 71.1 Å². The Bertz CT molecular complexity index is 351. The molecule has 0 bridgehead atoms. The Kier molecular flexibility index (Phi) is 4.64. The number of thioether (sulfide) groups is 1. The van der Waals surface area contributed by atoms with Gasteiger partial charge in [0.2, 0.25) is 0 Å². The predicted molar refractivity (Wildman–Crippen MR) is 82.1 cm³/mol. The molecule has 0 spiro atoms. The standard InChI is InChI=1S/C12H17IN2S/c13-10-1-2-12(11(14)7-10)15-8-9-3-5-16-6-4-9/h1-2,7,9,15H,3-6,8,14H2. The monoisotopic (exact) mass is 348 g/mol. The van der Waals surface area contributed by atoms with E-state index in [4.69, 9.17) is 5.73 Å². The molecule has 0 unspecified atom stereocenters. The highest BCUT2D eigenvalue weighted by molar-refractivity contribution is 14.1. The van der Waals surface area contributed by atoms with Gasteiger partial charge in [-0.15, -0.1) is 0 Å². The first-order chi connectivity index (χ1) is 7.75. The maximum atomic E-state index is 5.97. The van der Waals surface area contributed by atoms with Gasteiger partial charge < -0.3 is 11.1 Å².